The zero-order valence-corrected chi connectivity index (χ0v) is 14.3. The number of hydrogen-bond donors (Lipinski definition) is 2. The van der Waals surface area contributed by atoms with Gasteiger partial charge in [0.1, 0.15) is 0 Å². The van der Waals surface area contributed by atoms with E-state index < -0.39 is 0 Å². The van der Waals surface area contributed by atoms with E-state index in [1.165, 1.54) is 58.4 Å². The molecule has 0 bridgehead atoms. The van der Waals surface area contributed by atoms with Crippen LogP contribution in [0.1, 0.15) is 52.9 Å². The van der Waals surface area contributed by atoms with Gasteiger partial charge in [-0.2, -0.15) is 0 Å². The van der Waals surface area contributed by atoms with E-state index in [-0.39, 0.29) is 12.1 Å². The fraction of sp³-hybridized carbons (Fsp3) is 1.00. The van der Waals surface area contributed by atoms with Gasteiger partial charge in [0.25, 0.3) is 0 Å². The van der Waals surface area contributed by atoms with Crippen LogP contribution in [0.4, 0.5) is 0 Å². The average molecular weight is 297 g/mol. The molecule has 21 heavy (non-hydrogen) atoms. The van der Waals surface area contributed by atoms with Gasteiger partial charge in [-0.15, -0.1) is 0 Å². The molecule has 0 amide bonds. The van der Waals surface area contributed by atoms with E-state index in [0.717, 1.165) is 12.5 Å². The molecule has 2 atom stereocenters. The smallest absolute Gasteiger partial charge is 0.0610 e. The Morgan fingerprint density at radius 2 is 2.05 bits per heavy atom. The van der Waals surface area contributed by atoms with Crippen molar-refractivity contribution in [1.82, 2.24) is 15.1 Å². The quantitative estimate of drug-likeness (QED) is 0.669. The Balaban J connectivity index is 1.63. The summed E-state index contributed by atoms with van der Waals surface area (Å²) in [4.78, 5) is 5.32. The first-order valence-electron chi connectivity index (χ1n) is 8.87. The number of piperazine rings is 1. The number of aliphatic hydroxyl groups is 1. The summed E-state index contributed by atoms with van der Waals surface area (Å²) in [5, 5.41) is 13.1. The van der Waals surface area contributed by atoms with Crippen molar-refractivity contribution in [2.75, 3.05) is 39.3 Å². The maximum absolute atomic E-state index is 9.61. The minimum absolute atomic E-state index is 0.113. The molecule has 2 aliphatic heterocycles. The van der Waals surface area contributed by atoms with E-state index in [1.54, 1.807) is 0 Å². The van der Waals surface area contributed by atoms with Crippen molar-refractivity contribution in [1.29, 1.82) is 0 Å². The predicted molar refractivity (Wildman–Crippen MR) is 88.6 cm³/mol. The van der Waals surface area contributed by atoms with Crippen LogP contribution >= 0.6 is 0 Å². The second-order valence-electron chi connectivity index (χ2n) is 7.61. The van der Waals surface area contributed by atoms with Crippen LogP contribution in [-0.4, -0.2) is 71.9 Å². The van der Waals surface area contributed by atoms with Crippen LogP contribution in [-0.2, 0) is 0 Å². The number of rotatable bonds is 8. The van der Waals surface area contributed by atoms with Gasteiger partial charge in [0.2, 0.25) is 0 Å². The van der Waals surface area contributed by atoms with Gasteiger partial charge in [0.05, 0.1) is 6.61 Å². The third kappa shape index (κ3) is 5.20. The number of nitrogens with one attached hydrogen (secondary N) is 1. The molecule has 0 aromatic heterocycles. The van der Waals surface area contributed by atoms with Crippen molar-refractivity contribution in [2.45, 2.75) is 70.5 Å². The van der Waals surface area contributed by atoms with Gasteiger partial charge in [0, 0.05) is 37.3 Å². The third-order valence-electron chi connectivity index (χ3n) is 5.11. The van der Waals surface area contributed by atoms with Crippen molar-refractivity contribution in [3.63, 3.8) is 0 Å². The highest BCUT2D eigenvalue weighted by Gasteiger charge is 2.30. The van der Waals surface area contributed by atoms with Gasteiger partial charge in [0.15, 0.2) is 0 Å². The molecule has 124 valence electrons. The fourth-order valence-corrected chi connectivity index (χ4v) is 4.00. The first kappa shape index (κ1) is 17.2. The molecular formula is C17H35N3O. The molecule has 2 aliphatic rings. The zero-order chi connectivity index (χ0) is 15.3. The van der Waals surface area contributed by atoms with Gasteiger partial charge < -0.3 is 15.3 Å². The lowest BCUT2D eigenvalue weighted by Crippen LogP contribution is -2.50. The van der Waals surface area contributed by atoms with Crippen LogP contribution in [0.25, 0.3) is 0 Å². The standard InChI is InChI=1S/C17H35N3O/c1-15(2)18-17(3,14-21)8-4-5-9-19-11-12-20-10-6-7-16(20)13-19/h15-16,18,21H,4-14H2,1-3H3. The maximum Gasteiger partial charge on any atom is 0.0610 e. The van der Waals surface area contributed by atoms with Crippen LogP contribution in [0, 0.1) is 0 Å². The van der Waals surface area contributed by atoms with Crippen molar-refractivity contribution in [2.24, 2.45) is 0 Å². The maximum atomic E-state index is 9.61. The molecular weight excluding hydrogens is 262 g/mol. The molecule has 0 radical (unpaired) electrons. The lowest BCUT2D eigenvalue weighted by molar-refractivity contribution is 0.101. The molecule has 0 aromatic rings. The Bertz CT molecular complexity index is 310. The van der Waals surface area contributed by atoms with Crippen LogP contribution in [0.5, 0.6) is 0 Å². The van der Waals surface area contributed by atoms with Crippen LogP contribution in [0.2, 0.25) is 0 Å². The van der Waals surface area contributed by atoms with Crippen molar-refractivity contribution < 1.29 is 5.11 Å². The normalized spacial score (nSPS) is 27.0. The van der Waals surface area contributed by atoms with E-state index in [2.05, 4.69) is 35.9 Å². The Kier molecular flexibility index (Phi) is 6.48. The molecule has 0 spiro atoms. The second-order valence-corrected chi connectivity index (χ2v) is 7.61. The van der Waals surface area contributed by atoms with E-state index >= 15 is 0 Å². The van der Waals surface area contributed by atoms with Crippen molar-refractivity contribution in [3.05, 3.63) is 0 Å². The average Bonchev–Trinajstić information content (AvgIpc) is 2.90. The number of aliphatic hydroxyl groups excluding tert-OH is 1. The highest BCUT2D eigenvalue weighted by molar-refractivity contribution is 4.87. The summed E-state index contributed by atoms with van der Waals surface area (Å²) in [7, 11) is 0. The van der Waals surface area contributed by atoms with E-state index in [0.29, 0.717) is 6.04 Å². The van der Waals surface area contributed by atoms with Gasteiger partial charge in [-0.1, -0.05) is 20.3 Å². The minimum atomic E-state index is -0.113. The SMILES string of the molecule is CC(C)NC(C)(CO)CCCCN1CCN2CCCC2C1. The number of nitrogens with zero attached hydrogens (tertiary/aromatic N) is 2. The van der Waals surface area contributed by atoms with Crippen LogP contribution in [0.15, 0.2) is 0 Å². The fourth-order valence-electron chi connectivity index (χ4n) is 4.00. The molecule has 2 fully saturated rings. The van der Waals surface area contributed by atoms with Gasteiger partial charge >= 0.3 is 0 Å². The van der Waals surface area contributed by atoms with Crippen molar-refractivity contribution >= 4 is 0 Å². The van der Waals surface area contributed by atoms with E-state index in [1.807, 2.05) is 0 Å². The Hall–Kier alpha value is -0.160. The molecule has 2 heterocycles. The lowest BCUT2D eigenvalue weighted by atomic mass is 9.94. The molecule has 4 nitrogen and oxygen atoms in total. The molecule has 4 heteroatoms. The summed E-state index contributed by atoms with van der Waals surface area (Å²) in [6.45, 7) is 13.0. The summed E-state index contributed by atoms with van der Waals surface area (Å²) in [6.07, 6.45) is 6.31. The Morgan fingerprint density at radius 1 is 1.24 bits per heavy atom. The van der Waals surface area contributed by atoms with Gasteiger partial charge in [-0.3, -0.25) is 4.90 Å². The number of fused-ring (bicyclic) bond motifs is 1. The predicted octanol–water partition coefficient (Wildman–Crippen LogP) is 1.69. The second kappa shape index (κ2) is 7.91. The monoisotopic (exact) mass is 297 g/mol. The first-order chi connectivity index (χ1) is 10.0. The zero-order valence-electron chi connectivity index (χ0n) is 14.3. The molecule has 0 aromatic carbocycles. The molecule has 2 rings (SSSR count). The molecule has 0 saturated carbocycles. The molecule has 0 aliphatic carbocycles. The minimum Gasteiger partial charge on any atom is -0.394 e. The van der Waals surface area contributed by atoms with Crippen LogP contribution < -0.4 is 5.32 Å². The highest BCUT2D eigenvalue weighted by Crippen LogP contribution is 2.22. The summed E-state index contributed by atoms with van der Waals surface area (Å²) in [6, 6.07) is 1.27. The molecule has 2 saturated heterocycles. The van der Waals surface area contributed by atoms with Crippen LogP contribution in [0.3, 0.4) is 0 Å². The summed E-state index contributed by atoms with van der Waals surface area (Å²) in [5.74, 6) is 0. The van der Waals surface area contributed by atoms with E-state index in [9.17, 15) is 5.11 Å². The largest absolute Gasteiger partial charge is 0.394 e. The molecule has 2 N–H and O–H groups in total. The van der Waals surface area contributed by atoms with Gasteiger partial charge in [-0.05, 0) is 45.7 Å². The summed E-state index contributed by atoms with van der Waals surface area (Å²) < 4.78 is 0. The number of unbranched alkanes of at least 4 members (excludes halogenated alkanes) is 1. The first-order valence-corrected chi connectivity index (χ1v) is 8.87. The summed E-state index contributed by atoms with van der Waals surface area (Å²) in [5.41, 5.74) is -0.113. The highest BCUT2D eigenvalue weighted by atomic mass is 16.3. The third-order valence-corrected chi connectivity index (χ3v) is 5.11. The lowest BCUT2D eigenvalue weighted by Gasteiger charge is -2.37. The van der Waals surface area contributed by atoms with E-state index in [4.69, 9.17) is 0 Å². The Morgan fingerprint density at radius 3 is 2.76 bits per heavy atom. The van der Waals surface area contributed by atoms with Gasteiger partial charge in [-0.25, -0.2) is 0 Å². The molecule has 2 unspecified atom stereocenters. The number of hydrogen-bond acceptors (Lipinski definition) is 4. The summed E-state index contributed by atoms with van der Waals surface area (Å²) >= 11 is 0. The topological polar surface area (TPSA) is 38.7 Å². The Labute approximate surface area is 130 Å². The van der Waals surface area contributed by atoms with Crippen molar-refractivity contribution in [3.8, 4) is 0 Å².